The minimum Gasteiger partial charge on any atom is -0.366 e. The van der Waals surface area contributed by atoms with E-state index in [4.69, 9.17) is 11.6 Å². The maximum Gasteiger partial charge on any atom is 0.289 e. The second-order valence-electron chi connectivity index (χ2n) is 6.00. The van der Waals surface area contributed by atoms with Gasteiger partial charge in [0.2, 0.25) is 0 Å². The van der Waals surface area contributed by atoms with Crippen LogP contribution < -0.4 is 5.32 Å². The van der Waals surface area contributed by atoms with Crippen molar-refractivity contribution in [2.45, 2.75) is 50.2 Å². The molecular weight excluding hydrogens is 292 g/mol. The topological polar surface area (TPSA) is 71.3 Å². The molecule has 2 fully saturated rings. The fourth-order valence-electron chi connectivity index (χ4n) is 3.56. The average molecular weight is 311 g/mol. The number of fused-ring (bicyclic) bond motifs is 2. The zero-order valence-electron chi connectivity index (χ0n) is 12.0. The van der Waals surface area contributed by atoms with Crippen LogP contribution in [-0.4, -0.2) is 40.0 Å². The molecule has 7 heteroatoms. The molecule has 0 radical (unpaired) electrons. The lowest BCUT2D eigenvalue weighted by molar-refractivity contribution is -0.385. The van der Waals surface area contributed by atoms with E-state index in [1.165, 1.54) is 31.5 Å². The Labute approximate surface area is 128 Å². The molecule has 2 saturated heterocycles. The van der Waals surface area contributed by atoms with Crippen LogP contribution in [0.5, 0.6) is 0 Å². The van der Waals surface area contributed by atoms with E-state index < -0.39 is 4.92 Å². The summed E-state index contributed by atoms with van der Waals surface area (Å²) in [5.74, 6) is 0.551. The Morgan fingerprint density at radius 1 is 1.43 bits per heavy atom. The summed E-state index contributed by atoms with van der Waals surface area (Å²) in [6.07, 6.45) is 7.19. The number of halogens is 1. The summed E-state index contributed by atoms with van der Waals surface area (Å²) >= 11 is 6.10. The summed E-state index contributed by atoms with van der Waals surface area (Å²) in [6, 6.07) is 2.92. The molecule has 21 heavy (non-hydrogen) atoms. The molecule has 1 aromatic rings. The molecule has 1 aromatic heterocycles. The number of rotatable bonds is 3. The first kappa shape index (κ1) is 14.5. The molecule has 0 aliphatic carbocycles. The second kappa shape index (κ2) is 5.77. The van der Waals surface area contributed by atoms with Crippen LogP contribution in [0.1, 0.15) is 32.1 Å². The van der Waals surface area contributed by atoms with Gasteiger partial charge in [-0.1, -0.05) is 18.0 Å². The first-order valence-corrected chi connectivity index (χ1v) is 7.71. The van der Waals surface area contributed by atoms with E-state index in [2.05, 4.69) is 22.2 Å². The van der Waals surface area contributed by atoms with Crippen molar-refractivity contribution in [2.75, 3.05) is 12.4 Å². The van der Waals surface area contributed by atoms with Crippen LogP contribution >= 0.6 is 11.6 Å². The highest BCUT2D eigenvalue weighted by atomic mass is 35.5. The average Bonchev–Trinajstić information content (AvgIpc) is 2.42. The summed E-state index contributed by atoms with van der Waals surface area (Å²) in [5, 5.41) is 14.4. The Balaban J connectivity index is 1.71. The first-order valence-electron chi connectivity index (χ1n) is 7.33. The standard InChI is InChI=1S/C14H19ClN4O2/c1-18-10-3-2-4-11(18)6-9(5-10)17-14-13(15)7-12(8-16-14)19(20)21/h7-11H,2-6H2,1H3,(H,16,17). The zero-order valence-corrected chi connectivity index (χ0v) is 12.7. The minimum absolute atomic E-state index is 0.0780. The summed E-state index contributed by atoms with van der Waals surface area (Å²) in [4.78, 5) is 16.8. The molecule has 3 heterocycles. The Kier molecular flexibility index (Phi) is 3.99. The molecule has 0 amide bonds. The number of aromatic nitrogens is 1. The minimum atomic E-state index is -0.484. The number of nitro groups is 1. The maximum absolute atomic E-state index is 10.7. The molecule has 0 spiro atoms. The predicted octanol–water partition coefficient (Wildman–Crippen LogP) is 3.07. The van der Waals surface area contributed by atoms with Crippen molar-refractivity contribution in [1.29, 1.82) is 0 Å². The fourth-order valence-corrected chi connectivity index (χ4v) is 3.78. The third-order valence-corrected chi connectivity index (χ3v) is 5.01. The number of nitrogens with one attached hydrogen (secondary N) is 1. The van der Waals surface area contributed by atoms with Gasteiger partial charge in [-0.15, -0.1) is 0 Å². The molecule has 2 aliphatic heterocycles. The molecule has 1 N–H and O–H groups in total. The van der Waals surface area contributed by atoms with Crippen LogP contribution in [0.3, 0.4) is 0 Å². The number of pyridine rings is 1. The lowest BCUT2D eigenvalue weighted by Gasteiger charge is -2.47. The van der Waals surface area contributed by atoms with Gasteiger partial charge in [-0.2, -0.15) is 0 Å². The molecule has 2 bridgehead atoms. The van der Waals surface area contributed by atoms with Gasteiger partial charge >= 0.3 is 0 Å². The highest BCUT2D eigenvalue weighted by Crippen LogP contribution is 2.34. The first-order chi connectivity index (χ1) is 10.0. The third-order valence-electron chi connectivity index (χ3n) is 4.72. The monoisotopic (exact) mass is 310 g/mol. The van der Waals surface area contributed by atoms with Crippen molar-refractivity contribution in [3.05, 3.63) is 27.4 Å². The van der Waals surface area contributed by atoms with Crippen molar-refractivity contribution in [3.8, 4) is 0 Å². The quantitative estimate of drug-likeness (QED) is 0.686. The summed E-state index contributed by atoms with van der Waals surface area (Å²) in [6.45, 7) is 0. The van der Waals surface area contributed by atoms with Gasteiger partial charge in [0, 0.05) is 24.2 Å². The van der Waals surface area contributed by atoms with Gasteiger partial charge < -0.3 is 10.2 Å². The second-order valence-corrected chi connectivity index (χ2v) is 6.40. The van der Waals surface area contributed by atoms with E-state index in [0.717, 1.165) is 12.8 Å². The molecule has 114 valence electrons. The highest BCUT2D eigenvalue weighted by molar-refractivity contribution is 6.33. The summed E-state index contributed by atoms with van der Waals surface area (Å²) < 4.78 is 0. The molecule has 2 aliphatic rings. The Morgan fingerprint density at radius 2 is 2.10 bits per heavy atom. The third kappa shape index (κ3) is 2.96. The van der Waals surface area contributed by atoms with Crippen LogP contribution in [0.25, 0.3) is 0 Å². The van der Waals surface area contributed by atoms with Gasteiger partial charge in [-0.05, 0) is 32.7 Å². The largest absolute Gasteiger partial charge is 0.366 e. The molecular formula is C14H19ClN4O2. The number of anilines is 1. The van der Waals surface area contributed by atoms with E-state index in [0.29, 0.717) is 29.0 Å². The zero-order chi connectivity index (χ0) is 15.0. The Bertz CT molecular complexity index is 540. The van der Waals surface area contributed by atoms with Gasteiger partial charge in [-0.25, -0.2) is 4.98 Å². The van der Waals surface area contributed by atoms with Crippen molar-refractivity contribution in [1.82, 2.24) is 9.88 Å². The highest BCUT2D eigenvalue weighted by Gasteiger charge is 2.36. The lowest BCUT2D eigenvalue weighted by Crippen LogP contribution is -2.52. The van der Waals surface area contributed by atoms with Crippen molar-refractivity contribution in [2.24, 2.45) is 0 Å². The molecule has 6 nitrogen and oxygen atoms in total. The van der Waals surface area contributed by atoms with Crippen molar-refractivity contribution in [3.63, 3.8) is 0 Å². The van der Waals surface area contributed by atoms with Crippen LogP contribution in [0, 0.1) is 10.1 Å². The van der Waals surface area contributed by atoms with E-state index >= 15 is 0 Å². The maximum atomic E-state index is 10.7. The van der Waals surface area contributed by atoms with Crippen molar-refractivity contribution < 1.29 is 4.92 Å². The number of piperidine rings is 2. The molecule has 2 atom stereocenters. The lowest BCUT2D eigenvalue weighted by atomic mass is 9.82. The van der Waals surface area contributed by atoms with Crippen molar-refractivity contribution >= 4 is 23.1 Å². The molecule has 3 rings (SSSR count). The SMILES string of the molecule is CN1C2CCCC1CC(Nc1ncc([N+](=O)[O-])cc1Cl)C2. The van der Waals surface area contributed by atoms with Crippen LogP contribution in [-0.2, 0) is 0 Å². The van der Waals surface area contributed by atoms with E-state index in [1.54, 1.807) is 0 Å². The van der Waals surface area contributed by atoms with Gasteiger partial charge in [0.05, 0.1) is 9.95 Å². The van der Waals surface area contributed by atoms with Crippen LogP contribution in [0.2, 0.25) is 5.02 Å². The van der Waals surface area contributed by atoms with Gasteiger partial charge in [0.15, 0.2) is 0 Å². The van der Waals surface area contributed by atoms with Gasteiger partial charge in [-0.3, -0.25) is 10.1 Å². The van der Waals surface area contributed by atoms with Gasteiger partial charge in [0.25, 0.3) is 5.69 Å². The number of hydrogen-bond acceptors (Lipinski definition) is 5. The number of hydrogen-bond donors (Lipinski definition) is 1. The van der Waals surface area contributed by atoms with E-state index in [-0.39, 0.29) is 5.69 Å². The van der Waals surface area contributed by atoms with Gasteiger partial charge in [0.1, 0.15) is 12.0 Å². The Hall–Kier alpha value is -1.40. The normalized spacial score (nSPS) is 29.1. The predicted molar refractivity (Wildman–Crippen MR) is 81.7 cm³/mol. The smallest absolute Gasteiger partial charge is 0.289 e. The van der Waals surface area contributed by atoms with E-state index in [1.807, 2.05) is 0 Å². The van der Waals surface area contributed by atoms with Crippen LogP contribution in [0.4, 0.5) is 11.5 Å². The molecule has 0 aromatic carbocycles. The molecule has 2 unspecified atom stereocenters. The number of nitrogens with zero attached hydrogens (tertiary/aromatic N) is 3. The summed E-state index contributed by atoms with van der Waals surface area (Å²) in [7, 11) is 2.21. The molecule has 0 saturated carbocycles. The fraction of sp³-hybridized carbons (Fsp3) is 0.643. The van der Waals surface area contributed by atoms with E-state index in [9.17, 15) is 10.1 Å². The Morgan fingerprint density at radius 3 is 2.67 bits per heavy atom. The summed E-state index contributed by atoms with van der Waals surface area (Å²) in [5.41, 5.74) is -0.0780. The van der Waals surface area contributed by atoms with Crippen LogP contribution in [0.15, 0.2) is 12.3 Å².